The third kappa shape index (κ3) is 1.28. The normalized spacial score (nSPS) is 29.2. The van der Waals surface area contributed by atoms with Crippen LogP contribution in [0.4, 0.5) is 0 Å². The summed E-state index contributed by atoms with van der Waals surface area (Å²) < 4.78 is 0. The fraction of sp³-hybridized carbons (Fsp3) is 0.167. The lowest BCUT2D eigenvalue weighted by Crippen LogP contribution is -2.34. The summed E-state index contributed by atoms with van der Waals surface area (Å²) in [6.45, 7) is 0. The Morgan fingerprint density at radius 2 is 2.40 bits per heavy atom. The molecular weight excluding hydrogens is 168 g/mol. The van der Waals surface area contributed by atoms with E-state index in [9.17, 15) is 0 Å². The third-order valence-electron chi connectivity index (χ3n) is 1.12. The molecule has 0 radical (unpaired) electrons. The number of hydrogen-bond acceptors (Lipinski definition) is 3. The van der Waals surface area contributed by atoms with Crippen LogP contribution < -0.4 is 5.32 Å². The minimum absolute atomic E-state index is 0.768. The summed E-state index contributed by atoms with van der Waals surface area (Å²) >= 11 is 0. The minimum atomic E-state index is -0.768. The number of hydrogen-bond donors (Lipinski definition) is 1. The van der Waals surface area contributed by atoms with Crippen LogP contribution >= 0.6 is 21.7 Å². The van der Waals surface area contributed by atoms with Crippen molar-refractivity contribution in [3.63, 3.8) is 0 Å². The van der Waals surface area contributed by atoms with Gasteiger partial charge in [-0.1, -0.05) is 6.08 Å². The SMILES string of the molecule is N#CC1(SCl)C=CC=CN1. The molecule has 0 bridgehead atoms. The monoisotopic (exact) mass is 172 g/mol. The van der Waals surface area contributed by atoms with Crippen LogP contribution in [0.1, 0.15) is 0 Å². The molecule has 1 N–H and O–H groups in total. The molecule has 0 saturated heterocycles. The molecule has 0 saturated carbocycles. The van der Waals surface area contributed by atoms with Crippen LogP contribution in [0.25, 0.3) is 0 Å². The van der Waals surface area contributed by atoms with Crippen molar-refractivity contribution >= 4 is 21.7 Å². The summed E-state index contributed by atoms with van der Waals surface area (Å²) in [5, 5.41) is 11.5. The summed E-state index contributed by atoms with van der Waals surface area (Å²) in [5.41, 5.74) is 0. The Kier molecular flexibility index (Phi) is 2.25. The van der Waals surface area contributed by atoms with Gasteiger partial charge in [0.25, 0.3) is 0 Å². The van der Waals surface area contributed by atoms with Crippen LogP contribution in [0.5, 0.6) is 0 Å². The number of nitrogens with zero attached hydrogens (tertiary/aromatic N) is 1. The molecule has 0 fully saturated rings. The Labute approximate surface area is 68.1 Å². The van der Waals surface area contributed by atoms with Gasteiger partial charge in [0.05, 0.1) is 0 Å². The molecule has 1 aliphatic heterocycles. The lowest BCUT2D eigenvalue weighted by Gasteiger charge is -2.20. The van der Waals surface area contributed by atoms with E-state index in [1.807, 2.05) is 12.1 Å². The maximum atomic E-state index is 8.64. The van der Waals surface area contributed by atoms with Crippen molar-refractivity contribution in [3.05, 3.63) is 24.4 Å². The van der Waals surface area contributed by atoms with E-state index in [1.54, 1.807) is 18.4 Å². The second-order valence-corrected chi connectivity index (χ2v) is 3.05. The summed E-state index contributed by atoms with van der Waals surface area (Å²) in [7, 11) is 6.44. The molecule has 0 aromatic heterocycles. The van der Waals surface area contributed by atoms with Gasteiger partial charge in [-0.25, -0.2) is 0 Å². The molecule has 1 unspecified atom stereocenters. The second kappa shape index (κ2) is 3.00. The maximum Gasteiger partial charge on any atom is 0.205 e. The van der Waals surface area contributed by atoms with Crippen LogP contribution in [-0.2, 0) is 0 Å². The number of dihydropyridines is 1. The van der Waals surface area contributed by atoms with E-state index in [0.717, 1.165) is 11.0 Å². The third-order valence-corrected chi connectivity index (χ3v) is 2.44. The highest BCUT2D eigenvalue weighted by Crippen LogP contribution is 2.28. The first-order valence-corrected chi connectivity index (χ1v) is 4.30. The van der Waals surface area contributed by atoms with Crippen molar-refractivity contribution in [1.82, 2.24) is 5.32 Å². The number of halogens is 1. The predicted molar refractivity (Wildman–Crippen MR) is 43.2 cm³/mol. The zero-order valence-electron chi connectivity index (χ0n) is 5.04. The number of nitrogens with one attached hydrogen (secondary N) is 1. The topological polar surface area (TPSA) is 35.8 Å². The van der Waals surface area contributed by atoms with Gasteiger partial charge in [-0.2, -0.15) is 5.26 Å². The van der Waals surface area contributed by atoms with Gasteiger partial charge in [-0.15, -0.1) is 0 Å². The fourth-order valence-corrected chi connectivity index (χ4v) is 1.27. The van der Waals surface area contributed by atoms with E-state index in [0.29, 0.717) is 0 Å². The second-order valence-electron chi connectivity index (χ2n) is 1.79. The van der Waals surface area contributed by atoms with E-state index in [4.69, 9.17) is 15.9 Å². The highest BCUT2D eigenvalue weighted by Gasteiger charge is 2.26. The molecule has 52 valence electrons. The molecule has 1 atom stereocenters. The smallest absolute Gasteiger partial charge is 0.205 e. The lowest BCUT2D eigenvalue weighted by molar-refractivity contribution is 0.785. The van der Waals surface area contributed by atoms with E-state index >= 15 is 0 Å². The minimum Gasteiger partial charge on any atom is -0.361 e. The Morgan fingerprint density at radius 1 is 1.60 bits per heavy atom. The van der Waals surface area contributed by atoms with Gasteiger partial charge in [0, 0.05) is 0 Å². The largest absolute Gasteiger partial charge is 0.361 e. The lowest BCUT2D eigenvalue weighted by atomic mass is 10.2. The van der Waals surface area contributed by atoms with Gasteiger partial charge in [0.2, 0.25) is 4.87 Å². The molecule has 0 spiro atoms. The maximum absolute atomic E-state index is 8.64. The summed E-state index contributed by atoms with van der Waals surface area (Å²) in [4.78, 5) is -0.768. The molecule has 1 aliphatic rings. The Morgan fingerprint density at radius 3 is 2.70 bits per heavy atom. The standard InChI is InChI=1S/C6H5ClN2S/c7-10-6(5-8)3-1-2-4-9-6/h1-4,9H. The molecule has 4 heteroatoms. The Balaban J connectivity index is 2.79. The number of allylic oxidation sites excluding steroid dienone is 2. The van der Waals surface area contributed by atoms with Crippen LogP contribution in [0, 0.1) is 11.3 Å². The summed E-state index contributed by atoms with van der Waals surface area (Å²) in [5.74, 6) is 0. The molecule has 0 aliphatic carbocycles. The van der Waals surface area contributed by atoms with Crippen molar-refractivity contribution in [2.24, 2.45) is 0 Å². The summed E-state index contributed by atoms with van der Waals surface area (Å²) in [6.07, 6.45) is 7.00. The van der Waals surface area contributed by atoms with Gasteiger partial charge in [0.15, 0.2) is 0 Å². The first-order valence-electron chi connectivity index (χ1n) is 2.66. The zero-order valence-corrected chi connectivity index (χ0v) is 6.62. The van der Waals surface area contributed by atoms with E-state index in [1.165, 1.54) is 0 Å². The van der Waals surface area contributed by atoms with Crippen LogP contribution in [0.3, 0.4) is 0 Å². The van der Waals surface area contributed by atoms with Gasteiger partial charge in [0.1, 0.15) is 6.07 Å². The summed E-state index contributed by atoms with van der Waals surface area (Å²) in [6, 6.07) is 2.05. The van der Waals surface area contributed by atoms with Gasteiger partial charge < -0.3 is 5.32 Å². The van der Waals surface area contributed by atoms with Crippen molar-refractivity contribution < 1.29 is 0 Å². The molecule has 1 rings (SSSR count). The van der Waals surface area contributed by atoms with Crippen molar-refractivity contribution in [1.29, 1.82) is 5.26 Å². The van der Waals surface area contributed by atoms with E-state index in [-0.39, 0.29) is 0 Å². The quantitative estimate of drug-likeness (QED) is 0.655. The molecule has 10 heavy (non-hydrogen) atoms. The van der Waals surface area contributed by atoms with E-state index < -0.39 is 4.87 Å². The van der Waals surface area contributed by atoms with Crippen molar-refractivity contribution in [2.75, 3.05) is 0 Å². The van der Waals surface area contributed by atoms with Crippen LogP contribution in [0.2, 0.25) is 0 Å². The molecule has 0 aromatic rings. The molecular formula is C6H5ClN2S. The molecule has 2 nitrogen and oxygen atoms in total. The highest BCUT2D eigenvalue weighted by molar-refractivity contribution is 8.22. The number of rotatable bonds is 1. The molecule has 1 heterocycles. The zero-order chi connectivity index (χ0) is 7.45. The van der Waals surface area contributed by atoms with Crippen molar-refractivity contribution in [2.45, 2.75) is 4.87 Å². The fourth-order valence-electron chi connectivity index (χ4n) is 0.601. The van der Waals surface area contributed by atoms with Gasteiger partial charge in [-0.05, 0) is 40.0 Å². The van der Waals surface area contributed by atoms with Gasteiger partial charge >= 0.3 is 0 Å². The number of nitriles is 1. The van der Waals surface area contributed by atoms with E-state index in [2.05, 4.69) is 5.32 Å². The first kappa shape index (κ1) is 7.52. The van der Waals surface area contributed by atoms with Crippen molar-refractivity contribution in [3.8, 4) is 6.07 Å². The van der Waals surface area contributed by atoms with Crippen LogP contribution in [0.15, 0.2) is 24.4 Å². The molecule has 0 amide bonds. The predicted octanol–water partition coefficient (Wildman–Crippen LogP) is 1.77. The average Bonchev–Trinajstić information content (AvgIpc) is 2.06. The molecule has 0 aromatic carbocycles. The Hall–Kier alpha value is -0.590. The average molecular weight is 173 g/mol. The Bertz CT molecular complexity index is 218. The van der Waals surface area contributed by atoms with Gasteiger partial charge in [-0.3, -0.25) is 0 Å². The first-order chi connectivity index (χ1) is 4.83. The highest BCUT2D eigenvalue weighted by atomic mass is 35.7. The van der Waals surface area contributed by atoms with Crippen LogP contribution in [-0.4, -0.2) is 4.87 Å².